The van der Waals surface area contributed by atoms with Gasteiger partial charge in [-0.25, -0.2) is 0 Å². The van der Waals surface area contributed by atoms with E-state index in [1.54, 1.807) is 12.4 Å². The van der Waals surface area contributed by atoms with Crippen molar-refractivity contribution < 1.29 is 18.0 Å². The van der Waals surface area contributed by atoms with Crippen molar-refractivity contribution in [3.63, 3.8) is 0 Å². The first kappa shape index (κ1) is 12.3. The molecule has 2 N–H and O–H groups in total. The Morgan fingerprint density at radius 3 is 2.75 bits per heavy atom. The molecule has 0 fully saturated rings. The minimum absolute atomic E-state index is 0.0780. The number of hydrogen-bond donors (Lipinski definition) is 2. The first-order chi connectivity index (χ1) is 7.44. The number of carbonyl (C=O) groups excluding carboxylic acids is 1. The lowest BCUT2D eigenvalue weighted by Gasteiger charge is -2.10. The Labute approximate surface area is 89.9 Å². The fraction of sp³-hybridized carbons (Fsp3) is 0.333. The Hall–Kier alpha value is -1.79. The van der Waals surface area contributed by atoms with E-state index in [4.69, 9.17) is 0 Å². The molecule has 1 rings (SSSR count). The van der Waals surface area contributed by atoms with E-state index in [-0.39, 0.29) is 5.56 Å². The maximum atomic E-state index is 11.9. The summed E-state index contributed by atoms with van der Waals surface area (Å²) in [6.45, 7) is -1.36. The number of hydrogen-bond acceptors (Lipinski definition) is 3. The molecule has 0 aromatic carbocycles. The molecule has 0 bridgehead atoms. The van der Waals surface area contributed by atoms with Gasteiger partial charge in [0.15, 0.2) is 0 Å². The van der Waals surface area contributed by atoms with E-state index >= 15 is 0 Å². The summed E-state index contributed by atoms with van der Waals surface area (Å²) in [4.78, 5) is 15.1. The van der Waals surface area contributed by atoms with Gasteiger partial charge in [-0.1, -0.05) is 0 Å². The Balaban J connectivity index is 2.73. The van der Waals surface area contributed by atoms with Crippen molar-refractivity contribution in [2.75, 3.05) is 18.9 Å². The van der Waals surface area contributed by atoms with Gasteiger partial charge in [-0.3, -0.25) is 9.78 Å². The van der Waals surface area contributed by atoms with Crippen LogP contribution in [0, 0.1) is 0 Å². The smallest absolute Gasteiger partial charge is 0.387 e. The quantitative estimate of drug-likeness (QED) is 0.830. The highest BCUT2D eigenvalue weighted by Crippen LogP contribution is 2.15. The van der Waals surface area contributed by atoms with Crippen LogP contribution in [0.25, 0.3) is 0 Å². The summed E-state index contributed by atoms with van der Waals surface area (Å²) in [5.41, 5.74) is 0.504. The van der Waals surface area contributed by atoms with E-state index in [2.05, 4.69) is 10.3 Å². The van der Waals surface area contributed by atoms with Crippen LogP contribution in [0.5, 0.6) is 0 Å². The highest BCUT2D eigenvalue weighted by molar-refractivity contribution is 5.99. The maximum Gasteiger partial charge on any atom is 0.405 e. The molecular weight excluding hydrogens is 223 g/mol. The van der Waals surface area contributed by atoms with Crippen LogP contribution in [0.15, 0.2) is 18.5 Å². The van der Waals surface area contributed by atoms with Gasteiger partial charge in [-0.15, -0.1) is 0 Å². The molecule has 1 amide bonds. The van der Waals surface area contributed by atoms with Crippen molar-refractivity contribution >= 4 is 11.6 Å². The van der Waals surface area contributed by atoms with Crippen molar-refractivity contribution in [2.24, 2.45) is 0 Å². The van der Waals surface area contributed by atoms with E-state index in [1.807, 2.05) is 0 Å². The van der Waals surface area contributed by atoms with E-state index in [9.17, 15) is 18.0 Å². The van der Waals surface area contributed by atoms with Crippen LogP contribution in [0.3, 0.4) is 0 Å². The molecule has 0 saturated carbocycles. The summed E-state index contributed by atoms with van der Waals surface area (Å²) in [5, 5.41) is 4.46. The van der Waals surface area contributed by atoms with Crippen molar-refractivity contribution in [3.8, 4) is 0 Å². The summed E-state index contributed by atoms with van der Waals surface area (Å²) in [6.07, 6.45) is -1.78. The second kappa shape index (κ2) is 4.82. The predicted molar refractivity (Wildman–Crippen MR) is 52.2 cm³/mol. The average molecular weight is 233 g/mol. The topological polar surface area (TPSA) is 54.0 Å². The van der Waals surface area contributed by atoms with Gasteiger partial charge in [0.1, 0.15) is 6.54 Å². The molecule has 0 saturated heterocycles. The van der Waals surface area contributed by atoms with Gasteiger partial charge in [-0.05, 0) is 6.07 Å². The number of halogens is 3. The second-order valence-corrected chi connectivity index (χ2v) is 2.97. The van der Waals surface area contributed by atoms with Gasteiger partial charge in [-0.2, -0.15) is 13.2 Å². The third-order valence-corrected chi connectivity index (χ3v) is 1.78. The number of alkyl halides is 3. The number of rotatable bonds is 3. The Bertz CT molecular complexity index is 379. The number of nitrogens with one attached hydrogen (secondary N) is 2. The fourth-order valence-corrected chi connectivity index (χ4v) is 1.07. The predicted octanol–water partition coefficient (Wildman–Crippen LogP) is 1.42. The lowest BCUT2D eigenvalue weighted by atomic mass is 10.2. The van der Waals surface area contributed by atoms with Gasteiger partial charge in [0, 0.05) is 25.1 Å². The lowest BCUT2D eigenvalue weighted by molar-refractivity contribution is -0.123. The number of carbonyl (C=O) groups is 1. The van der Waals surface area contributed by atoms with Crippen LogP contribution in [0.1, 0.15) is 10.4 Å². The second-order valence-electron chi connectivity index (χ2n) is 2.97. The molecule has 1 aromatic heterocycles. The minimum Gasteiger partial charge on any atom is -0.387 e. The zero-order valence-electron chi connectivity index (χ0n) is 8.43. The summed E-state index contributed by atoms with van der Waals surface area (Å²) in [5.74, 6) is -0.810. The van der Waals surface area contributed by atoms with Gasteiger partial charge in [0.05, 0.1) is 5.56 Å². The SMILES string of the molecule is CNc1ccncc1C(=O)NCC(F)(F)F. The van der Waals surface area contributed by atoms with Crippen molar-refractivity contribution in [2.45, 2.75) is 6.18 Å². The normalized spacial score (nSPS) is 11.0. The maximum absolute atomic E-state index is 11.9. The number of amides is 1. The highest BCUT2D eigenvalue weighted by Gasteiger charge is 2.28. The van der Waals surface area contributed by atoms with Crippen LogP contribution in [0.2, 0.25) is 0 Å². The van der Waals surface area contributed by atoms with Crippen molar-refractivity contribution in [1.29, 1.82) is 0 Å². The van der Waals surface area contributed by atoms with E-state index in [0.717, 1.165) is 0 Å². The molecule has 4 nitrogen and oxygen atoms in total. The van der Waals surface area contributed by atoms with Crippen molar-refractivity contribution in [3.05, 3.63) is 24.0 Å². The third kappa shape index (κ3) is 3.41. The lowest BCUT2D eigenvalue weighted by Crippen LogP contribution is -2.34. The van der Waals surface area contributed by atoms with E-state index < -0.39 is 18.6 Å². The Morgan fingerprint density at radius 1 is 1.50 bits per heavy atom. The molecule has 1 heterocycles. The van der Waals surface area contributed by atoms with Crippen LogP contribution in [-0.2, 0) is 0 Å². The first-order valence-corrected chi connectivity index (χ1v) is 4.41. The number of pyridine rings is 1. The fourth-order valence-electron chi connectivity index (χ4n) is 1.07. The average Bonchev–Trinajstić information content (AvgIpc) is 2.25. The highest BCUT2D eigenvalue weighted by atomic mass is 19.4. The molecule has 0 radical (unpaired) electrons. The number of aromatic nitrogens is 1. The molecule has 0 spiro atoms. The van der Waals surface area contributed by atoms with Gasteiger partial charge < -0.3 is 10.6 Å². The van der Waals surface area contributed by atoms with Gasteiger partial charge in [0.2, 0.25) is 0 Å². The van der Waals surface area contributed by atoms with Crippen molar-refractivity contribution in [1.82, 2.24) is 10.3 Å². The third-order valence-electron chi connectivity index (χ3n) is 1.78. The summed E-state index contributed by atoms with van der Waals surface area (Å²) < 4.78 is 35.6. The standard InChI is InChI=1S/C9H10F3N3O/c1-13-7-2-3-14-4-6(7)8(16)15-5-9(10,11)12/h2-4H,5H2,1H3,(H,13,14)(H,15,16). The number of anilines is 1. The van der Waals surface area contributed by atoms with E-state index in [1.165, 1.54) is 18.5 Å². The van der Waals surface area contributed by atoms with Crippen LogP contribution >= 0.6 is 0 Å². The molecule has 0 aliphatic heterocycles. The number of nitrogens with zero attached hydrogens (tertiary/aromatic N) is 1. The molecule has 16 heavy (non-hydrogen) atoms. The minimum atomic E-state index is -4.42. The molecule has 0 aliphatic rings. The Kier molecular flexibility index (Phi) is 3.70. The van der Waals surface area contributed by atoms with Gasteiger partial charge >= 0.3 is 6.18 Å². The van der Waals surface area contributed by atoms with Crippen LogP contribution in [-0.4, -0.2) is 30.7 Å². The molecule has 1 aromatic rings. The molecule has 0 unspecified atom stereocenters. The molecule has 7 heteroatoms. The summed E-state index contributed by atoms with van der Waals surface area (Å²) in [7, 11) is 1.57. The van der Waals surface area contributed by atoms with Crippen LogP contribution < -0.4 is 10.6 Å². The Morgan fingerprint density at radius 2 is 2.19 bits per heavy atom. The molecule has 0 aliphatic carbocycles. The first-order valence-electron chi connectivity index (χ1n) is 4.41. The largest absolute Gasteiger partial charge is 0.405 e. The van der Waals surface area contributed by atoms with E-state index in [0.29, 0.717) is 5.69 Å². The van der Waals surface area contributed by atoms with Gasteiger partial charge in [0.25, 0.3) is 5.91 Å². The monoisotopic (exact) mass is 233 g/mol. The summed E-state index contributed by atoms with van der Waals surface area (Å²) in [6, 6.07) is 1.50. The molecule has 88 valence electrons. The zero-order chi connectivity index (χ0) is 12.2. The van der Waals surface area contributed by atoms with Crippen LogP contribution in [0.4, 0.5) is 18.9 Å². The summed E-state index contributed by atoms with van der Waals surface area (Å²) >= 11 is 0. The zero-order valence-corrected chi connectivity index (χ0v) is 8.43. The molecular formula is C9H10F3N3O. The molecule has 0 atom stereocenters.